The fourth-order valence-electron chi connectivity index (χ4n) is 3.00. The van der Waals surface area contributed by atoms with Crippen LogP contribution in [0.3, 0.4) is 0 Å². The molecule has 0 fully saturated rings. The highest BCUT2D eigenvalue weighted by Crippen LogP contribution is 2.23. The zero-order valence-electron chi connectivity index (χ0n) is 13.2. The van der Waals surface area contributed by atoms with E-state index in [0.717, 1.165) is 47.6 Å². The van der Waals surface area contributed by atoms with E-state index in [-0.39, 0.29) is 17.9 Å². The number of rotatable bonds is 3. The standard InChI is InChI=1S/C15H17N7OS/c1-8(11-6-22-15(20-11)24-7-17-22)18-13(23)12-9-4-2-3-5-10(9)19-14(16)21-12/h6-8H,2-5H2,1H3,(H,18,23)(H2,16,19,21). The first-order valence-corrected chi connectivity index (χ1v) is 8.74. The van der Waals surface area contributed by atoms with Crippen LogP contribution in [0, 0.1) is 0 Å². The van der Waals surface area contributed by atoms with Gasteiger partial charge >= 0.3 is 0 Å². The number of nitrogens with two attached hydrogens (primary N) is 1. The van der Waals surface area contributed by atoms with E-state index in [1.165, 1.54) is 11.3 Å². The lowest BCUT2D eigenvalue weighted by molar-refractivity contribution is 0.0932. The lowest BCUT2D eigenvalue weighted by atomic mass is 9.94. The molecule has 0 aliphatic heterocycles. The van der Waals surface area contributed by atoms with Crippen LogP contribution >= 0.6 is 11.3 Å². The van der Waals surface area contributed by atoms with E-state index in [9.17, 15) is 4.79 Å². The number of aromatic nitrogens is 5. The zero-order chi connectivity index (χ0) is 16.7. The third-order valence-corrected chi connectivity index (χ3v) is 4.90. The van der Waals surface area contributed by atoms with Gasteiger partial charge < -0.3 is 11.1 Å². The fourth-order valence-corrected chi connectivity index (χ4v) is 3.61. The molecule has 3 heterocycles. The molecule has 3 N–H and O–H groups in total. The number of nitrogens with one attached hydrogen (secondary N) is 1. The summed E-state index contributed by atoms with van der Waals surface area (Å²) in [4.78, 5) is 26.4. The molecule has 1 atom stereocenters. The Labute approximate surface area is 142 Å². The summed E-state index contributed by atoms with van der Waals surface area (Å²) in [6.07, 6.45) is 5.59. The molecule has 0 saturated carbocycles. The maximum Gasteiger partial charge on any atom is 0.270 e. The summed E-state index contributed by atoms with van der Waals surface area (Å²) in [5.74, 6) is -0.0841. The van der Waals surface area contributed by atoms with Crippen molar-refractivity contribution < 1.29 is 4.79 Å². The molecule has 0 spiro atoms. The molecular weight excluding hydrogens is 326 g/mol. The Hall–Kier alpha value is -2.55. The number of hydrogen-bond acceptors (Lipinski definition) is 7. The van der Waals surface area contributed by atoms with Gasteiger partial charge in [0.05, 0.1) is 17.9 Å². The minimum atomic E-state index is -0.248. The van der Waals surface area contributed by atoms with Gasteiger partial charge in [0.25, 0.3) is 5.91 Å². The summed E-state index contributed by atoms with van der Waals surface area (Å²) in [5, 5.41) is 7.11. The third-order valence-electron chi connectivity index (χ3n) is 4.21. The van der Waals surface area contributed by atoms with Crippen LogP contribution in [0.2, 0.25) is 0 Å². The minimum absolute atomic E-state index is 0.153. The normalized spacial score (nSPS) is 15.2. The highest BCUT2D eigenvalue weighted by molar-refractivity contribution is 7.14. The Morgan fingerprint density at radius 3 is 3.00 bits per heavy atom. The minimum Gasteiger partial charge on any atom is -0.368 e. The van der Waals surface area contributed by atoms with Gasteiger partial charge in [-0.25, -0.2) is 19.5 Å². The van der Waals surface area contributed by atoms with Crippen LogP contribution < -0.4 is 11.1 Å². The number of nitrogens with zero attached hydrogens (tertiary/aromatic N) is 5. The van der Waals surface area contributed by atoms with Gasteiger partial charge in [-0.15, -0.1) is 0 Å². The molecule has 124 valence electrons. The SMILES string of the molecule is CC(NC(=O)c1nc(N)nc2c1CCCC2)c1cn2ncsc2n1. The van der Waals surface area contributed by atoms with Crippen LogP contribution in [0.4, 0.5) is 5.95 Å². The van der Waals surface area contributed by atoms with Crippen molar-refractivity contribution >= 4 is 28.2 Å². The molecule has 3 aromatic rings. The number of aryl methyl sites for hydroxylation is 1. The number of anilines is 1. The topological polar surface area (TPSA) is 111 Å². The summed E-state index contributed by atoms with van der Waals surface area (Å²) in [6, 6.07) is -0.248. The fraction of sp³-hybridized carbons (Fsp3) is 0.400. The highest BCUT2D eigenvalue weighted by atomic mass is 32.1. The van der Waals surface area contributed by atoms with Gasteiger partial charge in [-0.3, -0.25) is 4.79 Å². The average molecular weight is 343 g/mol. The second-order valence-electron chi connectivity index (χ2n) is 5.89. The van der Waals surface area contributed by atoms with Crippen molar-refractivity contribution in [2.75, 3.05) is 5.73 Å². The molecule has 9 heteroatoms. The summed E-state index contributed by atoms with van der Waals surface area (Å²) < 4.78 is 1.70. The summed E-state index contributed by atoms with van der Waals surface area (Å²) >= 11 is 1.45. The van der Waals surface area contributed by atoms with Gasteiger partial charge in [-0.1, -0.05) is 11.3 Å². The summed E-state index contributed by atoms with van der Waals surface area (Å²) in [5.41, 5.74) is 10.5. The Kier molecular flexibility index (Phi) is 3.64. The van der Waals surface area contributed by atoms with Crippen molar-refractivity contribution in [1.29, 1.82) is 0 Å². The quantitative estimate of drug-likeness (QED) is 0.746. The van der Waals surface area contributed by atoms with Crippen LogP contribution in [0.15, 0.2) is 11.7 Å². The second kappa shape index (κ2) is 5.82. The van der Waals surface area contributed by atoms with Gasteiger partial charge in [0.15, 0.2) is 0 Å². The van der Waals surface area contributed by atoms with E-state index < -0.39 is 0 Å². The molecule has 0 radical (unpaired) electrons. The number of hydrogen-bond donors (Lipinski definition) is 2. The molecule has 0 aromatic carbocycles. The first kappa shape index (κ1) is 15.0. The van der Waals surface area contributed by atoms with Crippen molar-refractivity contribution in [3.05, 3.63) is 34.4 Å². The number of carbonyl (C=O) groups is 1. The first-order valence-electron chi connectivity index (χ1n) is 7.86. The van der Waals surface area contributed by atoms with E-state index in [4.69, 9.17) is 5.73 Å². The maximum atomic E-state index is 12.7. The Balaban J connectivity index is 1.59. The molecule has 8 nitrogen and oxygen atoms in total. The van der Waals surface area contributed by atoms with Gasteiger partial charge in [-0.2, -0.15) is 5.10 Å². The molecule has 4 rings (SSSR count). The van der Waals surface area contributed by atoms with Gasteiger partial charge in [0, 0.05) is 11.3 Å². The zero-order valence-corrected chi connectivity index (χ0v) is 14.0. The molecule has 1 amide bonds. The molecule has 0 bridgehead atoms. The largest absolute Gasteiger partial charge is 0.368 e. The molecule has 3 aromatic heterocycles. The number of imidazole rings is 1. The molecule has 1 aliphatic rings. The van der Waals surface area contributed by atoms with E-state index >= 15 is 0 Å². The van der Waals surface area contributed by atoms with Crippen LogP contribution in [-0.4, -0.2) is 30.5 Å². The first-order chi connectivity index (χ1) is 11.6. The lowest BCUT2D eigenvalue weighted by Gasteiger charge is -2.19. The Bertz CT molecular complexity index is 887. The smallest absolute Gasteiger partial charge is 0.270 e. The third kappa shape index (κ3) is 2.60. The number of fused-ring (bicyclic) bond motifs is 2. The predicted molar refractivity (Wildman–Crippen MR) is 89.8 cm³/mol. The number of carbonyl (C=O) groups excluding carboxylic acids is 1. The Morgan fingerprint density at radius 2 is 2.17 bits per heavy atom. The van der Waals surface area contributed by atoms with Crippen molar-refractivity contribution in [1.82, 2.24) is 29.9 Å². The second-order valence-corrected chi connectivity index (χ2v) is 6.70. The van der Waals surface area contributed by atoms with E-state index in [2.05, 4.69) is 25.4 Å². The summed E-state index contributed by atoms with van der Waals surface area (Å²) in [7, 11) is 0. The van der Waals surface area contributed by atoms with Crippen LogP contribution in [0.5, 0.6) is 0 Å². The monoisotopic (exact) mass is 343 g/mol. The predicted octanol–water partition coefficient (Wildman–Crippen LogP) is 1.53. The number of nitrogen functional groups attached to an aromatic ring is 1. The molecule has 0 saturated heterocycles. The van der Waals surface area contributed by atoms with Crippen LogP contribution in [-0.2, 0) is 12.8 Å². The van der Waals surface area contributed by atoms with Crippen molar-refractivity contribution in [3.63, 3.8) is 0 Å². The van der Waals surface area contributed by atoms with Crippen LogP contribution in [0.25, 0.3) is 4.96 Å². The number of amides is 1. The Morgan fingerprint density at radius 1 is 1.33 bits per heavy atom. The molecule has 1 unspecified atom stereocenters. The van der Waals surface area contributed by atoms with Gasteiger partial charge in [-0.05, 0) is 32.6 Å². The maximum absolute atomic E-state index is 12.7. The van der Waals surface area contributed by atoms with E-state index in [0.29, 0.717) is 5.69 Å². The van der Waals surface area contributed by atoms with Crippen molar-refractivity contribution in [2.24, 2.45) is 0 Å². The molecule has 24 heavy (non-hydrogen) atoms. The van der Waals surface area contributed by atoms with Gasteiger partial charge in [0.1, 0.15) is 11.2 Å². The van der Waals surface area contributed by atoms with Crippen molar-refractivity contribution in [3.8, 4) is 0 Å². The highest BCUT2D eigenvalue weighted by Gasteiger charge is 2.23. The van der Waals surface area contributed by atoms with E-state index in [1.54, 1.807) is 10.0 Å². The average Bonchev–Trinajstić information content (AvgIpc) is 3.15. The van der Waals surface area contributed by atoms with Crippen molar-refractivity contribution in [2.45, 2.75) is 38.6 Å². The summed E-state index contributed by atoms with van der Waals surface area (Å²) in [6.45, 7) is 1.89. The molecular formula is C15H17N7OS. The van der Waals surface area contributed by atoms with Crippen LogP contribution in [0.1, 0.15) is 53.2 Å². The molecule has 1 aliphatic carbocycles. The lowest BCUT2D eigenvalue weighted by Crippen LogP contribution is -2.30. The van der Waals surface area contributed by atoms with Gasteiger partial charge in [0.2, 0.25) is 10.9 Å². The van der Waals surface area contributed by atoms with E-state index in [1.807, 2.05) is 13.1 Å².